The number of rotatable bonds is 3. The Hall–Kier alpha value is -1.98. The van der Waals surface area contributed by atoms with E-state index in [1.165, 1.54) is 0 Å². The molecule has 1 aromatic heterocycles. The Balaban J connectivity index is 1.79. The lowest BCUT2D eigenvalue weighted by Crippen LogP contribution is -2.44. The number of para-hydroxylation sites is 1. The van der Waals surface area contributed by atoms with Gasteiger partial charge in [0.25, 0.3) is 0 Å². The summed E-state index contributed by atoms with van der Waals surface area (Å²) in [5.74, 6) is -0.0467. The number of anilines is 1. The summed E-state index contributed by atoms with van der Waals surface area (Å²) in [5, 5.41) is 4.07. The molecule has 3 rings (SSSR count). The molecule has 122 valence electrons. The van der Waals surface area contributed by atoms with Crippen molar-refractivity contribution in [1.82, 2.24) is 4.98 Å². The van der Waals surface area contributed by atoms with E-state index in [1.54, 1.807) is 7.11 Å². The van der Waals surface area contributed by atoms with Crippen LogP contribution < -0.4 is 11.1 Å². The van der Waals surface area contributed by atoms with Gasteiger partial charge >= 0.3 is 0 Å². The van der Waals surface area contributed by atoms with Crippen LogP contribution in [0.1, 0.15) is 25.0 Å². The second kappa shape index (κ2) is 6.64. The van der Waals surface area contributed by atoms with Gasteiger partial charge in [0.05, 0.1) is 17.3 Å². The van der Waals surface area contributed by atoms with E-state index in [1.807, 2.05) is 37.3 Å². The molecule has 23 heavy (non-hydrogen) atoms. The molecule has 1 aliphatic rings. The SMILES string of the molecule is CO[C@@H]1C[C@H](C(=O)Nc2cccc3ccc(C)nc23)CC[C@H]1N. The molecule has 3 atom stereocenters. The lowest BCUT2D eigenvalue weighted by Gasteiger charge is -2.32. The smallest absolute Gasteiger partial charge is 0.227 e. The number of nitrogens with zero attached hydrogens (tertiary/aromatic N) is 1. The molecule has 1 heterocycles. The summed E-state index contributed by atoms with van der Waals surface area (Å²) in [5.41, 5.74) is 8.56. The Kier molecular flexibility index (Phi) is 4.59. The van der Waals surface area contributed by atoms with Gasteiger partial charge in [-0.2, -0.15) is 0 Å². The van der Waals surface area contributed by atoms with Crippen LogP contribution in [0, 0.1) is 12.8 Å². The maximum Gasteiger partial charge on any atom is 0.227 e. The number of ether oxygens (including phenoxy) is 1. The van der Waals surface area contributed by atoms with Gasteiger partial charge < -0.3 is 15.8 Å². The van der Waals surface area contributed by atoms with Crippen LogP contribution in [0.2, 0.25) is 0 Å². The van der Waals surface area contributed by atoms with Crippen molar-refractivity contribution in [2.45, 2.75) is 38.3 Å². The molecule has 1 saturated carbocycles. The summed E-state index contributed by atoms with van der Waals surface area (Å²) in [4.78, 5) is 17.2. The van der Waals surface area contributed by atoms with Gasteiger partial charge in [-0.05, 0) is 38.3 Å². The average molecular weight is 313 g/mol. The number of amides is 1. The zero-order valence-electron chi connectivity index (χ0n) is 13.6. The zero-order chi connectivity index (χ0) is 16.4. The monoisotopic (exact) mass is 313 g/mol. The van der Waals surface area contributed by atoms with Crippen LogP contribution in [-0.2, 0) is 9.53 Å². The summed E-state index contributed by atoms with van der Waals surface area (Å²) >= 11 is 0. The highest BCUT2D eigenvalue weighted by Crippen LogP contribution is 2.28. The normalized spacial score (nSPS) is 24.6. The molecule has 1 amide bonds. The fraction of sp³-hybridized carbons (Fsp3) is 0.444. The lowest BCUT2D eigenvalue weighted by molar-refractivity contribution is -0.122. The van der Waals surface area contributed by atoms with Gasteiger partial charge in [0.1, 0.15) is 0 Å². The highest BCUT2D eigenvalue weighted by Gasteiger charge is 2.32. The van der Waals surface area contributed by atoms with Crippen molar-refractivity contribution in [1.29, 1.82) is 0 Å². The van der Waals surface area contributed by atoms with Gasteiger partial charge in [0, 0.05) is 30.1 Å². The molecule has 3 N–H and O–H groups in total. The fourth-order valence-corrected chi connectivity index (χ4v) is 3.24. The molecule has 5 heteroatoms. The predicted octanol–water partition coefficient (Wildman–Crippen LogP) is 2.62. The van der Waals surface area contributed by atoms with Crippen LogP contribution in [0.15, 0.2) is 30.3 Å². The Labute approximate surface area is 136 Å². The summed E-state index contributed by atoms with van der Waals surface area (Å²) < 4.78 is 5.40. The maximum absolute atomic E-state index is 12.6. The van der Waals surface area contributed by atoms with Gasteiger partial charge in [-0.3, -0.25) is 9.78 Å². The van der Waals surface area contributed by atoms with E-state index in [0.717, 1.165) is 35.1 Å². The number of hydrogen-bond acceptors (Lipinski definition) is 4. The second-order valence-electron chi connectivity index (χ2n) is 6.27. The third-order valence-electron chi connectivity index (χ3n) is 4.63. The van der Waals surface area contributed by atoms with E-state index in [-0.39, 0.29) is 24.0 Å². The molecule has 1 aliphatic carbocycles. The largest absolute Gasteiger partial charge is 0.380 e. The van der Waals surface area contributed by atoms with Crippen LogP contribution in [0.3, 0.4) is 0 Å². The zero-order valence-corrected chi connectivity index (χ0v) is 13.6. The number of carbonyl (C=O) groups excluding carboxylic acids is 1. The highest BCUT2D eigenvalue weighted by atomic mass is 16.5. The minimum atomic E-state index is -0.0696. The number of benzene rings is 1. The predicted molar refractivity (Wildman–Crippen MR) is 91.2 cm³/mol. The molecule has 5 nitrogen and oxygen atoms in total. The van der Waals surface area contributed by atoms with Crippen LogP contribution in [-0.4, -0.2) is 30.1 Å². The van der Waals surface area contributed by atoms with Crippen molar-refractivity contribution in [3.63, 3.8) is 0 Å². The molecule has 0 spiro atoms. The molecule has 0 aliphatic heterocycles. The van der Waals surface area contributed by atoms with Crippen molar-refractivity contribution >= 4 is 22.5 Å². The Bertz CT molecular complexity index is 716. The van der Waals surface area contributed by atoms with Gasteiger partial charge in [0.2, 0.25) is 5.91 Å². The highest BCUT2D eigenvalue weighted by molar-refractivity contribution is 6.01. The first-order chi connectivity index (χ1) is 11.1. The molecular formula is C18H23N3O2. The number of nitrogens with two attached hydrogens (primary N) is 1. The third kappa shape index (κ3) is 3.35. The average Bonchev–Trinajstić information content (AvgIpc) is 2.55. The van der Waals surface area contributed by atoms with E-state index in [0.29, 0.717) is 6.42 Å². The Morgan fingerprint density at radius 2 is 2.13 bits per heavy atom. The first kappa shape index (κ1) is 15.9. The molecule has 1 aromatic carbocycles. The van der Waals surface area contributed by atoms with Crippen molar-refractivity contribution in [2.75, 3.05) is 12.4 Å². The van der Waals surface area contributed by atoms with E-state index < -0.39 is 0 Å². The standard InChI is InChI=1S/C18H23N3O2/c1-11-6-7-12-4-3-5-15(17(12)20-11)21-18(22)13-8-9-14(19)16(10-13)23-2/h3-7,13-14,16H,8-10,19H2,1-2H3,(H,21,22)/t13-,14-,16-/m1/s1. The maximum atomic E-state index is 12.6. The van der Waals surface area contributed by atoms with Crippen molar-refractivity contribution in [3.8, 4) is 0 Å². The Morgan fingerprint density at radius 3 is 2.91 bits per heavy atom. The fourth-order valence-electron chi connectivity index (χ4n) is 3.24. The quantitative estimate of drug-likeness (QED) is 0.913. The Morgan fingerprint density at radius 1 is 1.30 bits per heavy atom. The number of aromatic nitrogens is 1. The minimum absolute atomic E-state index is 0.0194. The van der Waals surface area contributed by atoms with Crippen molar-refractivity contribution in [3.05, 3.63) is 36.0 Å². The van der Waals surface area contributed by atoms with Crippen molar-refractivity contribution < 1.29 is 9.53 Å². The summed E-state index contributed by atoms with van der Waals surface area (Å²) in [6.45, 7) is 1.95. The molecular weight excluding hydrogens is 290 g/mol. The number of nitrogens with one attached hydrogen (secondary N) is 1. The molecule has 0 saturated heterocycles. The summed E-state index contributed by atoms with van der Waals surface area (Å²) in [6, 6.07) is 9.84. The molecule has 2 aromatic rings. The number of carbonyl (C=O) groups is 1. The van der Waals surface area contributed by atoms with E-state index in [9.17, 15) is 4.79 Å². The van der Waals surface area contributed by atoms with Crippen LogP contribution in [0.4, 0.5) is 5.69 Å². The number of methoxy groups -OCH3 is 1. The van der Waals surface area contributed by atoms with Gasteiger partial charge in [-0.15, -0.1) is 0 Å². The van der Waals surface area contributed by atoms with Gasteiger partial charge in [-0.1, -0.05) is 18.2 Å². The number of hydrogen-bond donors (Lipinski definition) is 2. The molecule has 0 radical (unpaired) electrons. The van der Waals surface area contributed by atoms with Gasteiger partial charge in [0.15, 0.2) is 0 Å². The first-order valence-electron chi connectivity index (χ1n) is 8.04. The summed E-state index contributed by atoms with van der Waals surface area (Å²) in [6.07, 6.45) is 2.22. The van der Waals surface area contributed by atoms with E-state index in [4.69, 9.17) is 10.5 Å². The van der Waals surface area contributed by atoms with Gasteiger partial charge in [-0.25, -0.2) is 0 Å². The van der Waals surface area contributed by atoms with Crippen LogP contribution in [0.25, 0.3) is 10.9 Å². The number of pyridine rings is 1. The minimum Gasteiger partial charge on any atom is -0.380 e. The van der Waals surface area contributed by atoms with Crippen LogP contribution >= 0.6 is 0 Å². The lowest BCUT2D eigenvalue weighted by atomic mass is 9.83. The number of fused-ring (bicyclic) bond motifs is 1. The third-order valence-corrected chi connectivity index (χ3v) is 4.63. The van der Waals surface area contributed by atoms with Crippen molar-refractivity contribution in [2.24, 2.45) is 11.7 Å². The van der Waals surface area contributed by atoms with Crippen LogP contribution in [0.5, 0.6) is 0 Å². The second-order valence-corrected chi connectivity index (χ2v) is 6.27. The molecule has 0 bridgehead atoms. The molecule has 0 unspecified atom stereocenters. The first-order valence-corrected chi connectivity index (χ1v) is 8.04. The number of aryl methyl sites for hydroxylation is 1. The van der Waals surface area contributed by atoms with E-state index >= 15 is 0 Å². The van der Waals surface area contributed by atoms with E-state index in [2.05, 4.69) is 10.3 Å². The molecule has 1 fully saturated rings. The summed E-state index contributed by atoms with van der Waals surface area (Å²) in [7, 11) is 1.65. The topological polar surface area (TPSA) is 77.2 Å².